The molecule has 1 aromatic rings. The minimum atomic E-state index is -0.857. The Morgan fingerprint density at radius 2 is 2.00 bits per heavy atom. The van der Waals surface area contributed by atoms with Gasteiger partial charge in [0.1, 0.15) is 0 Å². The van der Waals surface area contributed by atoms with E-state index >= 15 is 0 Å². The van der Waals surface area contributed by atoms with E-state index in [0.29, 0.717) is 26.2 Å². The minimum Gasteiger partial charge on any atom is -0.481 e. The van der Waals surface area contributed by atoms with E-state index in [1.165, 1.54) is 0 Å². The lowest BCUT2D eigenvalue weighted by atomic mass is 9.74. The van der Waals surface area contributed by atoms with Gasteiger partial charge in [-0.2, -0.15) is 0 Å². The molecule has 2 fully saturated rings. The predicted octanol–water partition coefficient (Wildman–Crippen LogP) is 2.68. The van der Waals surface area contributed by atoms with Crippen molar-refractivity contribution in [2.24, 2.45) is 11.3 Å². The number of carboxylic acids is 1. The second-order valence-corrected chi connectivity index (χ2v) is 8.22. The maximum Gasteiger partial charge on any atom is 0.311 e. The number of fused-ring (bicyclic) bond motifs is 1. The molecule has 6 heteroatoms. The first kappa shape index (κ1) is 17.4. The van der Waals surface area contributed by atoms with E-state index in [1.807, 2.05) is 38.1 Å². The minimum absolute atomic E-state index is 0.0279. The number of carboxylic acid groups (broad SMARTS) is 1. The summed E-state index contributed by atoms with van der Waals surface area (Å²) in [6.07, 6.45) is 0.468. The number of rotatable bonds is 3. The van der Waals surface area contributed by atoms with Crippen molar-refractivity contribution >= 4 is 27.8 Å². The van der Waals surface area contributed by atoms with Gasteiger partial charge in [-0.3, -0.25) is 9.59 Å². The molecule has 2 heterocycles. The van der Waals surface area contributed by atoms with E-state index in [0.717, 1.165) is 10.0 Å². The van der Waals surface area contributed by atoms with Gasteiger partial charge < -0.3 is 14.7 Å². The Labute approximate surface area is 150 Å². The van der Waals surface area contributed by atoms with Crippen LogP contribution in [0.2, 0.25) is 0 Å². The van der Waals surface area contributed by atoms with Crippen LogP contribution in [0, 0.1) is 11.3 Å². The SMILES string of the molecule is CC(C)(C(=O)N1C[C@H]2COCC[C@@]2(C(=O)O)C1)c1ccc(Br)cc1. The molecule has 0 spiro atoms. The van der Waals surface area contributed by atoms with Crippen LogP contribution in [0.1, 0.15) is 25.8 Å². The van der Waals surface area contributed by atoms with Crippen molar-refractivity contribution in [1.29, 1.82) is 0 Å². The first-order valence-corrected chi connectivity index (χ1v) is 8.93. The average molecular weight is 396 g/mol. The number of carbonyl (C=O) groups is 2. The lowest BCUT2D eigenvalue weighted by Gasteiger charge is -2.34. The number of nitrogens with zero attached hydrogens (tertiary/aromatic N) is 1. The highest BCUT2D eigenvalue weighted by atomic mass is 79.9. The molecule has 0 aromatic heterocycles. The van der Waals surface area contributed by atoms with Crippen molar-refractivity contribution < 1.29 is 19.4 Å². The van der Waals surface area contributed by atoms with Crippen LogP contribution in [0.15, 0.2) is 28.7 Å². The monoisotopic (exact) mass is 395 g/mol. The molecule has 2 aliphatic heterocycles. The van der Waals surface area contributed by atoms with Crippen molar-refractivity contribution in [1.82, 2.24) is 4.90 Å². The van der Waals surface area contributed by atoms with Crippen molar-refractivity contribution in [2.75, 3.05) is 26.3 Å². The summed E-state index contributed by atoms with van der Waals surface area (Å²) in [5.41, 5.74) is -0.635. The summed E-state index contributed by atoms with van der Waals surface area (Å²) in [7, 11) is 0. The zero-order valence-electron chi connectivity index (χ0n) is 13.9. The van der Waals surface area contributed by atoms with Crippen molar-refractivity contribution in [2.45, 2.75) is 25.7 Å². The van der Waals surface area contributed by atoms with Gasteiger partial charge in [-0.05, 0) is 38.0 Å². The molecule has 0 radical (unpaired) electrons. The number of hydrogen-bond acceptors (Lipinski definition) is 3. The fourth-order valence-electron chi connectivity index (χ4n) is 3.84. The lowest BCUT2D eigenvalue weighted by Crippen LogP contribution is -2.46. The third-order valence-electron chi connectivity index (χ3n) is 5.52. The molecule has 24 heavy (non-hydrogen) atoms. The van der Waals surface area contributed by atoms with Crippen LogP contribution in [0.3, 0.4) is 0 Å². The van der Waals surface area contributed by atoms with Gasteiger partial charge in [0.05, 0.1) is 17.4 Å². The molecule has 1 aromatic carbocycles. The molecule has 5 nitrogen and oxygen atoms in total. The van der Waals surface area contributed by atoms with Crippen LogP contribution in [-0.2, 0) is 19.7 Å². The highest BCUT2D eigenvalue weighted by molar-refractivity contribution is 9.10. The predicted molar refractivity (Wildman–Crippen MR) is 92.7 cm³/mol. The number of hydrogen-bond donors (Lipinski definition) is 1. The van der Waals surface area contributed by atoms with Crippen molar-refractivity contribution in [3.63, 3.8) is 0 Å². The third-order valence-corrected chi connectivity index (χ3v) is 6.05. The first-order valence-electron chi connectivity index (χ1n) is 8.14. The van der Waals surface area contributed by atoms with Crippen LogP contribution in [-0.4, -0.2) is 48.2 Å². The zero-order chi connectivity index (χ0) is 17.5. The maximum absolute atomic E-state index is 13.1. The van der Waals surface area contributed by atoms with Gasteiger partial charge in [0.25, 0.3) is 0 Å². The number of amides is 1. The molecule has 2 saturated heterocycles. The first-order chi connectivity index (χ1) is 11.3. The summed E-state index contributed by atoms with van der Waals surface area (Å²) in [5.74, 6) is -0.971. The fraction of sp³-hybridized carbons (Fsp3) is 0.556. The summed E-state index contributed by atoms with van der Waals surface area (Å²) < 4.78 is 6.43. The van der Waals surface area contributed by atoms with Gasteiger partial charge in [0.2, 0.25) is 5.91 Å². The summed E-state index contributed by atoms with van der Waals surface area (Å²) in [6.45, 7) is 5.37. The molecular formula is C18H22BrNO4. The van der Waals surface area contributed by atoms with Gasteiger partial charge in [0.15, 0.2) is 0 Å². The smallest absolute Gasteiger partial charge is 0.311 e. The van der Waals surface area contributed by atoms with E-state index in [1.54, 1.807) is 4.90 Å². The molecule has 130 valence electrons. The van der Waals surface area contributed by atoms with Crippen LogP contribution in [0.25, 0.3) is 0 Å². The van der Waals surface area contributed by atoms with Crippen molar-refractivity contribution in [3.05, 3.63) is 34.3 Å². The summed E-state index contributed by atoms with van der Waals surface area (Å²) >= 11 is 3.41. The van der Waals surface area contributed by atoms with Crippen LogP contribution in [0.5, 0.6) is 0 Å². The van der Waals surface area contributed by atoms with Crippen molar-refractivity contribution in [3.8, 4) is 0 Å². The molecule has 1 amide bonds. The number of likely N-dealkylation sites (tertiary alicyclic amines) is 1. The summed E-state index contributed by atoms with van der Waals surface area (Å²) in [5, 5.41) is 9.75. The summed E-state index contributed by atoms with van der Waals surface area (Å²) in [6, 6.07) is 7.70. The molecule has 0 aliphatic carbocycles. The van der Waals surface area contributed by atoms with Gasteiger partial charge in [-0.25, -0.2) is 0 Å². The normalized spacial score (nSPS) is 27.0. The largest absolute Gasteiger partial charge is 0.481 e. The van der Waals surface area contributed by atoms with E-state index in [2.05, 4.69) is 15.9 Å². The average Bonchev–Trinajstić information content (AvgIpc) is 2.95. The number of halogens is 1. The number of ether oxygens (including phenoxy) is 1. The molecule has 2 atom stereocenters. The Bertz CT molecular complexity index is 657. The maximum atomic E-state index is 13.1. The lowest BCUT2D eigenvalue weighted by molar-refractivity contribution is -0.157. The third kappa shape index (κ3) is 2.75. The fourth-order valence-corrected chi connectivity index (χ4v) is 4.10. The summed E-state index contributed by atoms with van der Waals surface area (Å²) in [4.78, 5) is 26.7. The number of carbonyl (C=O) groups excluding carboxylic acids is 1. The van der Waals surface area contributed by atoms with Crippen LogP contribution >= 0.6 is 15.9 Å². The molecule has 3 rings (SSSR count). The van der Waals surface area contributed by atoms with E-state index in [4.69, 9.17) is 4.74 Å². The molecule has 1 N–H and O–H groups in total. The van der Waals surface area contributed by atoms with E-state index in [-0.39, 0.29) is 18.4 Å². The Hall–Kier alpha value is -1.40. The topological polar surface area (TPSA) is 66.8 Å². The number of benzene rings is 1. The second-order valence-electron chi connectivity index (χ2n) is 7.30. The van der Waals surface area contributed by atoms with Gasteiger partial charge in [-0.15, -0.1) is 0 Å². The second kappa shape index (κ2) is 6.15. The Balaban J connectivity index is 1.85. The molecular weight excluding hydrogens is 374 g/mol. The van der Waals surface area contributed by atoms with Gasteiger partial charge in [-0.1, -0.05) is 28.1 Å². The van der Waals surface area contributed by atoms with Gasteiger partial charge in [0, 0.05) is 30.1 Å². The Morgan fingerprint density at radius 3 is 2.58 bits per heavy atom. The van der Waals surface area contributed by atoms with Gasteiger partial charge >= 0.3 is 5.97 Å². The quantitative estimate of drug-likeness (QED) is 0.853. The Kier molecular flexibility index (Phi) is 4.47. The standard InChI is InChI=1S/C18H22BrNO4/c1-17(2,12-3-5-14(19)6-4-12)15(21)20-9-13-10-24-8-7-18(13,11-20)16(22)23/h3-6,13H,7-11H2,1-2H3,(H,22,23)/t13-,18+/m0/s1. The number of aliphatic carboxylic acids is 1. The van der Waals surface area contributed by atoms with Crippen LogP contribution < -0.4 is 0 Å². The zero-order valence-corrected chi connectivity index (χ0v) is 15.5. The molecule has 0 unspecified atom stereocenters. The molecule has 0 bridgehead atoms. The Morgan fingerprint density at radius 1 is 1.33 bits per heavy atom. The molecule has 2 aliphatic rings. The molecule has 0 saturated carbocycles. The van der Waals surface area contributed by atoms with E-state index in [9.17, 15) is 14.7 Å². The van der Waals surface area contributed by atoms with E-state index < -0.39 is 16.8 Å². The highest BCUT2D eigenvalue weighted by Crippen LogP contribution is 2.43. The highest BCUT2D eigenvalue weighted by Gasteiger charge is 2.56. The van der Waals surface area contributed by atoms with Crippen LogP contribution in [0.4, 0.5) is 0 Å².